The van der Waals surface area contributed by atoms with Crippen molar-refractivity contribution in [2.45, 2.75) is 45.6 Å². The number of hydrogen-bond acceptors (Lipinski definition) is 5. The van der Waals surface area contributed by atoms with E-state index < -0.39 is 0 Å². The molecule has 37 heavy (non-hydrogen) atoms. The second-order valence-corrected chi connectivity index (χ2v) is 10.1. The predicted molar refractivity (Wildman–Crippen MR) is 152 cm³/mol. The molecule has 1 saturated carbocycles. The van der Waals surface area contributed by atoms with Crippen molar-refractivity contribution >= 4 is 23.5 Å². The number of amides is 1. The zero-order valence-corrected chi connectivity index (χ0v) is 22.5. The van der Waals surface area contributed by atoms with Crippen LogP contribution in [0.3, 0.4) is 0 Å². The van der Waals surface area contributed by atoms with Crippen LogP contribution in [0.5, 0.6) is 0 Å². The third-order valence-electron chi connectivity index (χ3n) is 6.86. The molecule has 0 unspecified atom stereocenters. The topological polar surface area (TPSA) is 58.6 Å². The first-order valence-corrected chi connectivity index (χ1v) is 13.1. The second kappa shape index (κ2) is 12.6. The number of anilines is 2. The summed E-state index contributed by atoms with van der Waals surface area (Å²) in [5, 5.41) is 0. The van der Waals surface area contributed by atoms with E-state index in [4.69, 9.17) is 9.72 Å². The van der Waals surface area contributed by atoms with E-state index in [1.807, 2.05) is 60.6 Å². The summed E-state index contributed by atoms with van der Waals surface area (Å²) in [6.07, 6.45) is 13.2. The van der Waals surface area contributed by atoms with Crippen molar-refractivity contribution in [1.29, 1.82) is 0 Å². The SMILES string of the molecule is COC/C=C/c1cc(C)cc(N(Cc2ccc(-c3ccc(N(C)C)nc3)nc2)C(=O)C2CCCCC2)c1. The van der Waals surface area contributed by atoms with E-state index in [2.05, 4.69) is 42.2 Å². The molecule has 1 aromatic carbocycles. The molecule has 0 saturated heterocycles. The second-order valence-electron chi connectivity index (χ2n) is 10.1. The van der Waals surface area contributed by atoms with E-state index in [0.29, 0.717) is 13.2 Å². The normalized spacial score (nSPS) is 14.2. The summed E-state index contributed by atoms with van der Waals surface area (Å²) in [5.74, 6) is 1.20. The first-order valence-electron chi connectivity index (χ1n) is 13.1. The molecule has 0 spiro atoms. The Morgan fingerprint density at radius 3 is 2.49 bits per heavy atom. The van der Waals surface area contributed by atoms with Crippen molar-refractivity contribution in [2.24, 2.45) is 5.92 Å². The van der Waals surface area contributed by atoms with Gasteiger partial charge < -0.3 is 14.5 Å². The first kappa shape index (κ1) is 26.6. The summed E-state index contributed by atoms with van der Waals surface area (Å²) >= 11 is 0. The number of carbonyl (C=O) groups excluding carboxylic acids is 1. The van der Waals surface area contributed by atoms with E-state index >= 15 is 0 Å². The van der Waals surface area contributed by atoms with E-state index in [-0.39, 0.29) is 11.8 Å². The average Bonchev–Trinajstić information content (AvgIpc) is 2.92. The summed E-state index contributed by atoms with van der Waals surface area (Å²) in [7, 11) is 5.64. The van der Waals surface area contributed by atoms with Crippen LogP contribution < -0.4 is 9.80 Å². The largest absolute Gasteiger partial charge is 0.381 e. The van der Waals surface area contributed by atoms with E-state index in [1.54, 1.807) is 7.11 Å². The summed E-state index contributed by atoms with van der Waals surface area (Å²) in [6.45, 7) is 3.12. The fourth-order valence-electron chi connectivity index (χ4n) is 4.86. The maximum Gasteiger partial charge on any atom is 0.230 e. The molecule has 1 fully saturated rings. The van der Waals surface area contributed by atoms with Gasteiger partial charge in [0.1, 0.15) is 5.82 Å². The predicted octanol–water partition coefficient (Wildman–Crippen LogP) is 6.29. The number of nitrogens with zero attached hydrogens (tertiary/aromatic N) is 4. The van der Waals surface area contributed by atoms with Crippen molar-refractivity contribution in [1.82, 2.24) is 9.97 Å². The molecule has 1 aliphatic rings. The Hall–Kier alpha value is -3.51. The monoisotopic (exact) mass is 498 g/mol. The minimum atomic E-state index is 0.0789. The van der Waals surface area contributed by atoms with E-state index in [0.717, 1.165) is 65.1 Å². The Morgan fingerprint density at radius 2 is 1.84 bits per heavy atom. The highest BCUT2D eigenvalue weighted by Gasteiger charge is 2.27. The maximum atomic E-state index is 13.8. The fraction of sp³-hybridized carbons (Fsp3) is 0.387. The highest BCUT2D eigenvalue weighted by molar-refractivity contribution is 5.95. The van der Waals surface area contributed by atoms with Crippen LogP contribution in [0.4, 0.5) is 11.5 Å². The summed E-state index contributed by atoms with van der Waals surface area (Å²) in [4.78, 5) is 27.0. The van der Waals surface area contributed by atoms with Gasteiger partial charge in [0.15, 0.2) is 0 Å². The minimum Gasteiger partial charge on any atom is -0.381 e. The van der Waals surface area contributed by atoms with Crippen LogP contribution in [0.25, 0.3) is 17.3 Å². The molecule has 6 nitrogen and oxygen atoms in total. The third-order valence-corrected chi connectivity index (χ3v) is 6.86. The summed E-state index contributed by atoms with van der Waals surface area (Å²) < 4.78 is 5.16. The number of aryl methyl sites for hydroxylation is 1. The third kappa shape index (κ3) is 7.04. The van der Waals surface area contributed by atoms with Gasteiger partial charge in [0.2, 0.25) is 5.91 Å². The number of hydrogen-bond donors (Lipinski definition) is 0. The zero-order chi connectivity index (χ0) is 26.2. The molecule has 194 valence electrons. The average molecular weight is 499 g/mol. The molecule has 1 aliphatic carbocycles. The van der Waals surface area contributed by atoms with Gasteiger partial charge in [-0.1, -0.05) is 43.5 Å². The van der Waals surface area contributed by atoms with Crippen LogP contribution in [0.15, 0.2) is 60.9 Å². The molecule has 0 bridgehead atoms. The van der Waals surface area contributed by atoms with Crippen LogP contribution in [-0.2, 0) is 16.1 Å². The number of ether oxygens (including phenoxy) is 1. The van der Waals surface area contributed by atoms with Crippen molar-refractivity contribution < 1.29 is 9.53 Å². The van der Waals surface area contributed by atoms with Crippen molar-refractivity contribution in [3.63, 3.8) is 0 Å². The van der Waals surface area contributed by atoms with Crippen molar-refractivity contribution in [3.05, 3.63) is 77.6 Å². The number of rotatable bonds is 9. The number of benzene rings is 1. The van der Waals surface area contributed by atoms with E-state index in [1.165, 1.54) is 6.42 Å². The number of aromatic nitrogens is 2. The minimum absolute atomic E-state index is 0.0789. The molecule has 2 heterocycles. The number of pyridine rings is 2. The lowest BCUT2D eigenvalue weighted by Gasteiger charge is -2.30. The molecule has 1 amide bonds. The maximum absolute atomic E-state index is 13.8. The lowest BCUT2D eigenvalue weighted by atomic mass is 9.88. The molecule has 0 atom stereocenters. The van der Waals surface area contributed by atoms with Gasteiger partial charge in [0, 0.05) is 50.8 Å². The molecule has 3 aromatic rings. The first-order chi connectivity index (χ1) is 17.9. The zero-order valence-electron chi connectivity index (χ0n) is 22.5. The quantitative estimate of drug-likeness (QED) is 0.347. The Bertz CT molecular complexity index is 1200. The Labute approximate surface area is 221 Å². The number of carbonyl (C=O) groups is 1. The lowest BCUT2D eigenvalue weighted by Crippen LogP contribution is -2.36. The van der Waals surface area contributed by atoms with Gasteiger partial charge >= 0.3 is 0 Å². The number of methoxy groups -OCH3 is 1. The molecule has 6 heteroatoms. The Kier molecular flexibility index (Phi) is 9.07. The van der Waals surface area contributed by atoms with Crippen LogP contribution in [0.2, 0.25) is 0 Å². The van der Waals surface area contributed by atoms with Crippen molar-refractivity contribution in [2.75, 3.05) is 37.6 Å². The van der Waals surface area contributed by atoms with Crippen LogP contribution in [0.1, 0.15) is 48.8 Å². The van der Waals surface area contributed by atoms with Gasteiger partial charge in [-0.15, -0.1) is 0 Å². The van der Waals surface area contributed by atoms with Crippen LogP contribution >= 0.6 is 0 Å². The molecule has 0 aliphatic heterocycles. The fourth-order valence-corrected chi connectivity index (χ4v) is 4.86. The van der Waals surface area contributed by atoms with E-state index in [9.17, 15) is 4.79 Å². The van der Waals surface area contributed by atoms with Gasteiger partial charge in [-0.25, -0.2) is 4.98 Å². The van der Waals surface area contributed by atoms with Crippen molar-refractivity contribution in [3.8, 4) is 11.3 Å². The Morgan fingerprint density at radius 1 is 1.03 bits per heavy atom. The Balaban J connectivity index is 1.60. The standard InChI is InChI=1S/C31H38N4O2/c1-23-17-24(9-8-16-37-4)19-28(18-23)35(31(36)26-10-6-5-7-11-26)22-25-12-14-29(32-20-25)27-13-15-30(33-21-27)34(2)3/h8-9,12-15,17-21,26H,5-7,10-11,16,22H2,1-4H3/b9-8+. The summed E-state index contributed by atoms with van der Waals surface area (Å²) in [5.41, 5.74) is 5.96. The summed E-state index contributed by atoms with van der Waals surface area (Å²) in [6, 6.07) is 14.4. The highest BCUT2D eigenvalue weighted by atomic mass is 16.5. The molecule has 0 radical (unpaired) electrons. The molecular formula is C31H38N4O2. The molecule has 2 aromatic heterocycles. The van der Waals surface area contributed by atoms with Crippen LogP contribution in [0, 0.1) is 12.8 Å². The van der Waals surface area contributed by atoms with Gasteiger partial charge in [-0.2, -0.15) is 0 Å². The van der Waals surface area contributed by atoms with Gasteiger partial charge in [0.05, 0.1) is 18.8 Å². The van der Waals surface area contributed by atoms with Gasteiger partial charge in [0.25, 0.3) is 0 Å². The smallest absolute Gasteiger partial charge is 0.230 e. The molecule has 0 N–H and O–H groups in total. The molecular weight excluding hydrogens is 460 g/mol. The lowest BCUT2D eigenvalue weighted by molar-refractivity contribution is -0.123. The van der Waals surface area contributed by atoms with Gasteiger partial charge in [-0.05, 0) is 66.8 Å². The highest BCUT2D eigenvalue weighted by Crippen LogP contribution is 2.30. The molecule has 4 rings (SSSR count). The van der Waals surface area contributed by atoms with Crippen LogP contribution in [-0.4, -0.2) is 43.7 Å². The van der Waals surface area contributed by atoms with Gasteiger partial charge in [-0.3, -0.25) is 9.78 Å².